The molecule has 14 heavy (non-hydrogen) atoms. The minimum atomic E-state index is 0.409. The molecule has 1 aromatic heterocycles. The number of ether oxygens (including phenoxy) is 1. The number of halogens is 1. The second kappa shape index (κ2) is 6.43. The van der Waals surface area contributed by atoms with Crippen LogP contribution in [0, 0.1) is 0 Å². The molecule has 0 radical (unpaired) electrons. The number of hydrogen-bond acceptors (Lipinski definition) is 3. The van der Waals surface area contributed by atoms with Gasteiger partial charge in [-0.05, 0) is 12.8 Å². The molecule has 0 aliphatic carbocycles. The summed E-state index contributed by atoms with van der Waals surface area (Å²) in [6.07, 6.45) is 4.67. The Bertz CT molecular complexity index is 276. The van der Waals surface area contributed by atoms with Crippen molar-refractivity contribution in [2.75, 3.05) is 5.88 Å². The molecule has 0 fully saturated rings. The number of aryl methyl sites for hydroxylation is 1. The van der Waals surface area contributed by atoms with Crippen molar-refractivity contribution in [3.05, 3.63) is 12.3 Å². The minimum Gasteiger partial charge on any atom is -0.410 e. The second-order valence-electron chi connectivity index (χ2n) is 2.86. The van der Waals surface area contributed by atoms with Crippen molar-refractivity contribution >= 4 is 18.1 Å². The molecule has 0 N–H and O–H groups in total. The van der Waals surface area contributed by atoms with Crippen LogP contribution >= 0.6 is 11.6 Å². The summed E-state index contributed by atoms with van der Waals surface area (Å²) >= 11 is 5.55. The predicted molar refractivity (Wildman–Crippen MR) is 53.5 cm³/mol. The predicted octanol–water partition coefficient (Wildman–Crippen LogP) is 1.83. The monoisotopic (exact) mass is 216 g/mol. The van der Waals surface area contributed by atoms with Crippen LogP contribution in [0.1, 0.15) is 19.3 Å². The Balaban J connectivity index is 2.33. The number of aromatic nitrogens is 2. The topological polar surface area (TPSA) is 44.1 Å². The molecule has 0 aromatic carbocycles. The summed E-state index contributed by atoms with van der Waals surface area (Å²) in [4.78, 5) is 10.1. The third-order valence-corrected chi connectivity index (χ3v) is 2.12. The Labute approximate surface area is 87.8 Å². The molecule has 0 saturated carbocycles. The van der Waals surface area contributed by atoms with Crippen molar-refractivity contribution in [2.45, 2.75) is 25.8 Å². The Morgan fingerprint density at radius 3 is 3.07 bits per heavy atom. The van der Waals surface area contributed by atoms with Crippen molar-refractivity contribution in [2.24, 2.45) is 0 Å². The van der Waals surface area contributed by atoms with E-state index in [9.17, 15) is 4.79 Å². The second-order valence-corrected chi connectivity index (χ2v) is 3.23. The Hall–Kier alpha value is -1.03. The number of rotatable bonds is 7. The number of alkyl halides is 1. The van der Waals surface area contributed by atoms with Crippen LogP contribution in [0.25, 0.3) is 0 Å². The van der Waals surface area contributed by atoms with Gasteiger partial charge in [0.15, 0.2) is 0 Å². The molecule has 78 valence electrons. The molecule has 0 aliphatic heterocycles. The van der Waals surface area contributed by atoms with Crippen LogP contribution in [0.5, 0.6) is 5.88 Å². The summed E-state index contributed by atoms with van der Waals surface area (Å²) < 4.78 is 6.40. The number of unbranched alkanes of at least 4 members (excludes halogenated alkanes) is 2. The fourth-order valence-corrected chi connectivity index (χ4v) is 1.36. The molecule has 0 unspecified atom stereocenters. The first-order valence-electron chi connectivity index (χ1n) is 4.56. The summed E-state index contributed by atoms with van der Waals surface area (Å²) in [6, 6.07) is 1.66. The van der Waals surface area contributed by atoms with Gasteiger partial charge in [-0.15, -0.1) is 11.6 Å². The largest absolute Gasteiger partial charge is 0.410 e. The Kier molecular flexibility index (Phi) is 5.07. The van der Waals surface area contributed by atoms with E-state index in [1.165, 1.54) is 0 Å². The van der Waals surface area contributed by atoms with E-state index in [0.29, 0.717) is 18.2 Å². The first-order chi connectivity index (χ1) is 6.88. The van der Waals surface area contributed by atoms with E-state index in [0.717, 1.165) is 25.8 Å². The average Bonchev–Trinajstić information content (AvgIpc) is 2.61. The van der Waals surface area contributed by atoms with Crippen molar-refractivity contribution < 1.29 is 9.53 Å². The van der Waals surface area contributed by atoms with Crippen LogP contribution < -0.4 is 4.74 Å². The number of carbonyl (C=O) groups is 1. The number of nitrogens with zero attached hydrogens (tertiary/aromatic N) is 2. The van der Waals surface area contributed by atoms with Gasteiger partial charge in [0.1, 0.15) is 0 Å². The number of carbonyl (C=O) groups excluding carboxylic acids is 1. The van der Waals surface area contributed by atoms with Gasteiger partial charge in [-0.25, -0.2) is 4.68 Å². The molecule has 4 nitrogen and oxygen atoms in total. The van der Waals surface area contributed by atoms with Gasteiger partial charge in [0.05, 0.1) is 6.20 Å². The zero-order valence-electron chi connectivity index (χ0n) is 7.86. The average molecular weight is 217 g/mol. The van der Waals surface area contributed by atoms with Crippen LogP contribution in [0.4, 0.5) is 0 Å². The van der Waals surface area contributed by atoms with Gasteiger partial charge in [0, 0.05) is 18.5 Å². The van der Waals surface area contributed by atoms with E-state index in [-0.39, 0.29) is 0 Å². The third-order valence-electron chi connectivity index (χ3n) is 1.85. The molecule has 5 heteroatoms. The summed E-state index contributed by atoms with van der Waals surface area (Å²) in [5.41, 5.74) is 0. The molecule has 0 bridgehead atoms. The van der Waals surface area contributed by atoms with Gasteiger partial charge in [-0.1, -0.05) is 6.42 Å². The molecule has 0 spiro atoms. The highest BCUT2D eigenvalue weighted by molar-refractivity contribution is 6.17. The molecular formula is C9H13ClN2O2. The summed E-state index contributed by atoms with van der Waals surface area (Å²) in [5.74, 6) is 1.18. The van der Waals surface area contributed by atoms with Crippen LogP contribution in [0.2, 0.25) is 0 Å². The quantitative estimate of drug-likeness (QED) is 0.397. The maximum atomic E-state index is 10.1. The lowest BCUT2D eigenvalue weighted by Crippen LogP contribution is -2.04. The lowest BCUT2D eigenvalue weighted by molar-refractivity contribution is -0.121. The van der Waals surface area contributed by atoms with Gasteiger partial charge >= 0.3 is 0 Å². The Morgan fingerprint density at radius 2 is 2.36 bits per heavy atom. The molecule has 1 aromatic rings. The highest BCUT2D eigenvalue weighted by atomic mass is 35.5. The lowest BCUT2D eigenvalue weighted by Gasteiger charge is -2.03. The minimum absolute atomic E-state index is 0.409. The van der Waals surface area contributed by atoms with Gasteiger partial charge in [-0.3, -0.25) is 4.79 Å². The highest BCUT2D eigenvalue weighted by Gasteiger charge is 2.01. The van der Waals surface area contributed by atoms with Crippen molar-refractivity contribution in [1.82, 2.24) is 9.78 Å². The van der Waals surface area contributed by atoms with Gasteiger partial charge in [0.25, 0.3) is 6.47 Å². The zero-order valence-corrected chi connectivity index (χ0v) is 8.61. The first kappa shape index (κ1) is 11.0. The van der Waals surface area contributed by atoms with Gasteiger partial charge < -0.3 is 4.74 Å². The van der Waals surface area contributed by atoms with Crippen LogP contribution in [0.3, 0.4) is 0 Å². The molecule has 1 rings (SSSR count). The number of hydrogen-bond donors (Lipinski definition) is 0. The smallest absolute Gasteiger partial charge is 0.299 e. The Morgan fingerprint density at radius 1 is 1.50 bits per heavy atom. The van der Waals surface area contributed by atoms with Crippen LogP contribution in [-0.2, 0) is 11.3 Å². The van der Waals surface area contributed by atoms with E-state index in [2.05, 4.69) is 5.10 Å². The molecule has 0 amide bonds. The normalized spacial score (nSPS) is 10.1. The van der Waals surface area contributed by atoms with E-state index < -0.39 is 0 Å². The first-order valence-corrected chi connectivity index (χ1v) is 5.10. The molecule has 0 saturated heterocycles. The maximum Gasteiger partial charge on any atom is 0.299 e. The van der Waals surface area contributed by atoms with Crippen LogP contribution in [-0.4, -0.2) is 22.1 Å². The van der Waals surface area contributed by atoms with Gasteiger partial charge in [0.2, 0.25) is 5.88 Å². The van der Waals surface area contributed by atoms with Crippen molar-refractivity contribution in [3.63, 3.8) is 0 Å². The summed E-state index contributed by atoms with van der Waals surface area (Å²) in [6.45, 7) is 1.17. The van der Waals surface area contributed by atoms with E-state index in [1.807, 2.05) is 0 Å². The van der Waals surface area contributed by atoms with Crippen molar-refractivity contribution in [3.8, 4) is 5.88 Å². The van der Waals surface area contributed by atoms with Crippen molar-refractivity contribution in [1.29, 1.82) is 0 Å². The van der Waals surface area contributed by atoms with Crippen LogP contribution in [0.15, 0.2) is 12.3 Å². The fourth-order valence-electron chi connectivity index (χ4n) is 1.17. The molecule has 0 aliphatic rings. The van der Waals surface area contributed by atoms with E-state index >= 15 is 0 Å². The van der Waals surface area contributed by atoms with E-state index in [4.69, 9.17) is 16.3 Å². The third kappa shape index (κ3) is 3.38. The SMILES string of the molecule is O=COc1ccnn1CCCCCCl. The highest BCUT2D eigenvalue weighted by Crippen LogP contribution is 2.10. The van der Waals surface area contributed by atoms with Gasteiger partial charge in [-0.2, -0.15) is 5.10 Å². The molecular weight excluding hydrogens is 204 g/mol. The lowest BCUT2D eigenvalue weighted by atomic mass is 10.2. The maximum absolute atomic E-state index is 10.1. The van der Waals surface area contributed by atoms with E-state index in [1.54, 1.807) is 16.9 Å². The summed E-state index contributed by atoms with van der Waals surface area (Å²) in [7, 11) is 0. The molecule has 0 atom stereocenters. The summed E-state index contributed by atoms with van der Waals surface area (Å²) in [5, 5.41) is 4.03. The zero-order chi connectivity index (χ0) is 10.2. The molecule has 1 heterocycles. The standard InChI is InChI=1S/C9H13ClN2O2/c10-5-2-1-3-7-12-9(14-8-13)4-6-11-12/h4,6,8H,1-3,5,7H2. The fraction of sp³-hybridized carbons (Fsp3) is 0.556.